The summed E-state index contributed by atoms with van der Waals surface area (Å²) < 4.78 is 24.6. The van der Waals surface area contributed by atoms with E-state index < -0.39 is 8.32 Å². The van der Waals surface area contributed by atoms with Crippen LogP contribution >= 0.6 is 11.8 Å². The number of aryl methyl sites for hydroxylation is 1. The van der Waals surface area contributed by atoms with Gasteiger partial charge in [0.05, 0.1) is 19.3 Å². The van der Waals surface area contributed by atoms with Gasteiger partial charge in [-0.05, 0) is 59.9 Å². The fourth-order valence-electron chi connectivity index (χ4n) is 5.45. The minimum atomic E-state index is -2.08. The smallest absolute Gasteiger partial charge is 0.338 e. The van der Waals surface area contributed by atoms with Gasteiger partial charge in [-0.1, -0.05) is 71.0 Å². The maximum atomic E-state index is 13.0. The molecule has 1 saturated heterocycles. The normalized spacial score (nSPS) is 20.4. The molecule has 0 N–H and O–H groups in total. The van der Waals surface area contributed by atoms with E-state index in [4.69, 9.17) is 18.6 Å². The van der Waals surface area contributed by atoms with E-state index in [1.54, 1.807) is 43.1 Å². The third kappa shape index (κ3) is 6.74. The minimum absolute atomic E-state index is 0.108. The lowest BCUT2D eigenvalue weighted by molar-refractivity contribution is -0.0207. The Bertz CT molecular complexity index is 952. The summed E-state index contributed by atoms with van der Waals surface area (Å²) in [5.41, 5.74) is 3.02. The van der Waals surface area contributed by atoms with Crippen LogP contribution in [0.25, 0.3) is 0 Å². The largest absolute Gasteiger partial charge is 0.497 e. The summed E-state index contributed by atoms with van der Waals surface area (Å²) in [6.07, 6.45) is -0.0624. The first kappa shape index (κ1) is 28.8. The minimum Gasteiger partial charge on any atom is -0.497 e. The summed E-state index contributed by atoms with van der Waals surface area (Å²) in [5.74, 6) is 0.353. The van der Waals surface area contributed by atoms with E-state index in [-0.39, 0.29) is 23.6 Å². The van der Waals surface area contributed by atoms with Crippen molar-refractivity contribution in [2.45, 2.75) is 94.0 Å². The van der Waals surface area contributed by atoms with Crippen LogP contribution in [0.2, 0.25) is 16.6 Å². The molecule has 0 bridgehead atoms. The van der Waals surface area contributed by atoms with Crippen molar-refractivity contribution < 1.29 is 23.4 Å². The molecular formula is C29H42O5SSi. The Balaban J connectivity index is 1.77. The number of carbonyl (C=O) groups excluding carboxylic acids is 1. The molecule has 36 heavy (non-hydrogen) atoms. The molecule has 0 radical (unpaired) electrons. The lowest BCUT2D eigenvalue weighted by Crippen LogP contribution is -2.50. The van der Waals surface area contributed by atoms with Gasteiger partial charge in [-0.2, -0.15) is 0 Å². The van der Waals surface area contributed by atoms with Crippen LogP contribution in [0.1, 0.15) is 63.9 Å². The first-order valence-electron chi connectivity index (χ1n) is 12.9. The Kier molecular flexibility index (Phi) is 10.1. The molecule has 2 aromatic carbocycles. The highest BCUT2D eigenvalue weighted by Crippen LogP contribution is 2.43. The number of ether oxygens (including phenoxy) is 3. The van der Waals surface area contributed by atoms with Crippen LogP contribution in [0.15, 0.2) is 53.4 Å². The van der Waals surface area contributed by atoms with E-state index in [9.17, 15) is 4.79 Å². The van der Waals surface area contributed by atoms with E-state index in [0.29, 0.717) is 41.0 Å². The van der Waals surface area contributed by atoms with Crippen molar-refractivity contribution in [3.63, 3.8) is 0 Å². The molecule has 0 aromatic heterocycles. The average Bonchev–Trinajstić information content (AvgIpc) is 3.21. The monoisotopic (exact) mass is 530 g/mol. The van der Waals surface area contributed by atoms with Gasteiger partial charge in [0.25, 0.3) is 0 Å². The predicted molar refractivity (Wildman–Crippen MR) is 150 cm³/mol. The molecular weight excluding hydrogens is 488 g/mol. The molecule has 2 aromatic rings. The third-order valence-corrected chi connectivity index (χ3v) is 14.4. The van der Waals surface area contributed by atoms with E-state index in [0.717, 1.165) is 4.90 Å². The molecule has 5 nitrogen and oxygen atoms in total. The molecule has 1 heterocycles. The molecule has 1 fully saturated rings. The quantitative estimate of drug-likeness (QED) is 0.220. The van der Waals surface area contributed by atoms with Crippen molar-refractivity contribution in [2.75, 3.05) is 13.7 Å². The summed E-state index contributed by atoms with van der Waals surface area (Å²) in [4.78, 5) is 14.2. The van der Waals surface area contributed by atoms with Gasteiger partial charge in [-0.25, -0.2) is 4.79 Å². The second-order valence-corrected chi connectivity index (χ2v) is 17.3. The van der Waals surface area contributed by atoms with Crippen molar-refractivity contribution >= 4 is 26.0 Å². The second kappa shape index (κ2) is 12.6. The Labute approximate surface area is 222 Å². The second-order valence-electron chi connectivity index (χ2n) is 10.6. The van der Waals surface area contributed by atoms with Crippen LogP contribution in [0.3, 0.4) is 0 Å². The van der Waals surface area contributed by atoms with Crippen LogP contribution in [-0.4, -0.2) is 45.6 Å². The summed E-state index contributed by atoms with van der Waals surface area (Å²) in [6.45, 7) is 16.2. The molecule has 1 aliphatic heterocycles. The Hall–Kier alpha value is -1.80. The van der Waals surface area contributed by atoms with Crippen molar-refractivity contribution in [1.82, 2.24) is 0 Å². The van der Waals surface area contributed by atoms with Gasteiger partial charge in [0.1, 0.15) is 23.4 Å². The van der Waals surface area contributed by atoms with Gasteiger partial charge >= 0.3 is 5.97 Å². The maximum absolute atomic E-state index is 13.0. The Morgan fingerprint density at radius 3 is 2.08 bits per heavy atom. The molecule has 3 atom stereocenters. The van der Waals surface area contributed by atoms with E-state index in [1.807, 2.05) is 0 Å². The molecule has 1 aliphatic rings. The topological polar surface area (TPSA) is 54.0 Å². The van der Waals surface area contributed by atoms with E-state index in [2.05, 4.69) is 72.7 Å². The number of carbonyl (C=O) groups is 1. The standard InChI is InChI=1S/C29H42O5SSi/c1-19(2)36(20(3)4,21(5)6)32-18-27-26(34-29(30)23-11-13-24(31-8)14-12-23)17-28(33-27)35-25-15-9-22(7)10-16-25/h9-16,19-21,26-28H,17-18H2,1-8H3/t26-,27+,28-/m0/s1. The first-order valence-corrected chi connectivity index (χ1v) is 16.0. The van der Waals surface area contributed by atoms with E-state index in [1.165, 1.54) is 5.56 Å². The van der Waals surface area contributed by atoms with Gasteiger partial charge in [0.15, 0.2) is 8.32 Å². The molecule has 3 rings (SSSR count). The van der Waals surface area contributed by atoms with Crippen molar-refractivity contribution in [3.8, 4) is 5.75 Å². The lowest BCUT2D eigenvalue weighted by atomic mass is 10.2. The highest BCUT2D eigenvalue weighted by molar-refractivity contribution is 7.99. The number of hydrogen-bond acceptors (Lipinski definition) is 6. The van der Waals surface area contributed by atoms with E-state index >= 15 is 0 Å². The first-order chi connectivity index (χ1) is 17.1. The average molecular weight is 531 g/mol. The fourth-order valence-corrected chi connectivity index (χ4v) is 12.0. The maximum Gasteiger partial charge on any atom is 0.338 e. The van der Waals surface area contributed by atoms with Gasteiger partial charge in [-0.15, -0.1) is 0 Å². The molecule has 198 valence electrons. The molecule has 0 saturated carbocycles. The van der Waals surface area contributed by atoms with Crippen LogP contribution < -0.4 is 4.74 Å². The van der Waals surface area contributed by atoms with Crippen LogP contribution in [0, 0.1) is 6.92 Å². The van der Waals surface area contributed by atoms with Gasteiger partial charge in [0.2, 0.25) is 0 Å². The Morgan fingerprint density at radius 1 is 0.972 bits per heavy atom. The Morgan fingerprint density at radius 2 is 1.56 bits per heavy atom. The fraction of sp³-hybridized carbons (Fsp3) is 0.552. The number of benzene rings is 2. The van der Waals surface area contributed by atoms with Crippen LogP contribution in [0.5, 0.6) is 5.75 Å². The summed E-state index contributed by atoms with van der Waals surface area (Å²) in [7, 11) is -0.477. The summed E-state index contributed by atoms with van der Waals surface area (Å²) in [6, 6.07) is 15.4. The van der Waals surface area contributed by atoms with Crippen LogP contribution in [-0.2, 0) is 13.9 Å². The third-order valence-electron chi connectivity index (χ3n) is 7.24. The molecule has 0 unspecified atom stereocenters. The zero-order chi connectivity index (χ0) is 26.5. The number of esters is 1. The number of hydrogen-bond donors (Lipinski definition) is 0. The highest BCUT2D eigenvalue weighted by atomic mass is 32.2. The lowest BCUT2D eigenvalue weighted by Gasteiger charge is -2.43. The van der Waals surface area contributed by atoms with Crippen molar-refractivity contribution in [1.29, 1.82) is 0 Å². The number of thioether (sulfide) groups is 1. The zero-order valence-electron chi connectivity index (χ0n) is 22.9. The molecule has 0 spiro atoms. The van der Waals surface area contributed by atoms with Crippen LogP contribution in [0.4, 0.5) is 0 Å². The predicted octanol–water partition coefficient (Wildman–Crippen LogP) is 7.63. The van der Waals surface area contributed by atoms with Crippen molar-refractivity contribution in [2.24, 2.45) is 0 Å². The molecule has 0 amide bonds. The summed E-state index contributed by atoms with van der Waals surface area (Å²) >= 11 is 1.67. The molecule has 0 aliphatic carbocycles. The van der Waals surface area contributed by atoms with Crippen molar-refractivity contribution in [3.05, 3.63) is 59.7 Å². The highest BCUT2D eigenvalue weighted by Gasteiger charge is 2.47. The zero-order valence-corrected chi connectivity index (χ0v) is 24.8. The SMILES string of the molecule is COc1ccc(C(=O)O[C@H]2C[C@H](Sc3ccc(C)cc3)O[C@@H]2CO[Si](C(C)C)(C(C)C)C(C)C)cc1. The van der Waals surface area contributed by atoms with Gasteiger partial charge in [0, 0.05) is 11.3 Å². The number of rotatable bonds is 11. The summed E-state index contributed by atoms with van der Waals surface area (Å²) in [5, 5.41) is 0. The van der Waals surface area contributed by atoms with Gasteiger partial charge in [-0.3, -0.25) is 0 Å². The van der Waals surface area contributed by atoms with Gasteiger partial charge < -0.3 is 18.6 Å². The number of methoxy groups -OCH3 is 1. The molecule has 7 heteroatoms.